The van der Waals surface area contributed by atoms with Crippen molar-refractivity contribution in [3.63, 3.8) is 0 Å². The maximum absolute atomic E-state index is 5.32. The lowest BCUT2D eigenvalue weighted by molar-refractivity contribution is 1.15. The van der Waals surface area contributed by atoms with Gasteiger partial charge in [0.2, 0.25) is 0 Å². The Morgan fingerprint density at radius 1 is 0.393 bits per heavy atom. The molecule has 0 radical (unpaired) electrons. The topological polar surface area (TPSA) is 35.6 Å². The number of para-hydroxylation sites is 4. The Bertz CT molecular complexity index is 3860. The third-order valence-electron chi connectivity index (χ3n) is 12.3. The maximum Gasteiger partial charge on any atom is 0.160 e. The zero-order valence-electron chi connectivity index (χ0n) is 32.8. The highest BCUT2D eigenvalue weighted by Crippen LogP contribution is 2.52. The van der Waals surface area contributed by atoms with Gasteiger partial charge >= 0.3 is 0 Å². The number of aromatic nitrogens is 4. The van der Waals surface area contributed by atoms with Crippen LogP contribution in [0.15, 0.2) is 206 Å². The minimum absolute atomic E-state index is 0.696. The second-order valence-electron chi connectivity index (χ2n) is 15.7. The quantitative estimate of drug-likeness (QED) is 0.174. The Labute approximate surface area is 354 Å². The van der Waals surface area contributed by atoms with Crippen LogP contribution in [0.4, 0.5) is 0 Å². The first-order chi connectivity index (χ1) is 30.3. The largest absolute Gasteiger partial charge is 0.307 e. The summed E-state index contributed by atoms with van der Waals surface area (Å²) in [5.74, 6) is 0.696. The standard InChI is InChI=1S/C56H34N4S/c1-4-18-35(19-5-1)43-34-37(56-57-44-28-14-10-24-39(44)52(58-56)36-20-6-2-7-21-36)32-33-47(43)60-46-30-16-11-25-40(46)49-50-42-27-13-17-31-48(42)61-55(50)51-41-26-12-15-29-45(41)59(54(51)53(49)60)38-22-8-3-9-23-38/h1-34H. The first-order valence-electron chi connectivity index (χ1n) is 20.7. The van der Waals surface area contributed by atoms with E-state index in [-0.39, 0.29) is 0 Å². The lowest BCUT2D eigenvalue weighted by atomic mass is 9.99. The fourth-order valence-corrected chi connectivity index (χ4v) is 11.0. The van der Waals surface area contributed by atoms with Gasteiger partial charge in [-0.05, 0) is 60.2 Å². The highest BCUT2D eigenvalue weighted by atomic mass is 32.1. The van der Waals surface area contributed by atoms with Crippen molar-refractivity contribution in [2.24, 2.45) is 0 Å². The molecule has 0 spiro atoms. The third kappa shape index (κ3) is 5.05. The molecule has 9 aromatic carbocycles. The minimum atomic E-state index is 0.696. The van der Waals surface area contributed by atoms with E-state index in [1.165, 1.54) is 58.3 Å². The molecule has 0 saturated heterocycles. The Hall–Kier alpha value is -7.86. The monoisotopic (exact) mass is 794 g/mol. The Kier molecular flexibility index (Phi) is 7.44. The second kappa shape index (κ2) is 13.3. The fraction of sp³-hybridized carbons (Fsp3) is 0. The molecule has 13 rings (SSSR count). The van der Waals surface area contributed by atoms with Gasteiger partial charge in [0.15, 0.2) is 5.82 Å². The molecular formula is C56H34N4S. The van der Waals surface area contributed by atoms with Crippen molar-refractivity contribution in [2.75, 3.05) is 0 Å². The summed E-state index contributed by atoms with van der Waals surface area (Å²) in [6.45, 7) is 0. The van der Waals surface area contributed by atoms with Crippen molar-refractivity contribution >= 4 is 86.0 Å². The van der Waals surface area contributed by atoms with E-state index in [4.69, 9.17) is 9.97 Å². The van der Waals surface area contributed by atoms with E-state index in [0.717, 1.165) is 55.7 Å². The number of rotatable bonds is 5. The number of hydrogen-bond acceptors (Lipinski definition) is 3. The molecule has 4 heterocycles. The molecule has 0 aliphatic carbocycles. The highest BCUT2D eigenvalue weighted by molar-refractivity contribution is 7.27. The van der Waals surface area contributed by atoms with Crippen LogP contribution in [0.1, 0.15) is 0 Å². The zero-order chi connectivity index (χ0) is 40.0. The molecule has 284 valence electrons. The SMILES string of the molecule is c1ccc(-c2cc(-c3nc(-c4ccccc4)c4ccccc4n3)ccc2-n2c3ccccc3c3c4c5ccccc5sc4c4c5ccccc5n(-c5ccccc5)c4c32)cc1. The molecule has 0 saturated carbocycles. The summed E-state index contributed by atoms with van der Waals surface area (Å²) in [5.41, 5.74) is 13.1. The van der Waals surface area contributed by atoms with Crippen LogP contribution in [-0.4, -0.2) is 19.1 Å². The van der Waals surface area contributed by atoms with Crippen molar-refractivity contribution in [1.29, 1.82) is 0 Å². The van der Waals surface area contributed by atoms with E-state index in [2.05, 4.69) is 209 Å². The maximum atomic E-state index is 5.32. The van der Waals surface area contributed by atoms with E-state index in [1.807, 2.05) is 17.4 Å². The van der Waals surface area contributed by atoms with Crippen LogP contribution in [0, 0.1) is 0 Å². The van der Waals surface area contributed by atoms with Gasteiger partial charge in [-0.3, -0.25) is 0 Å². The van der Waals surface area contributed by atoms with Crippen LogP contribution in [0.25, 0.3) is 120 Å². The molecule has 0 aliphatic rings. The average Bonchev–Trinajstić information content (AvgIpc) is 4.00. The first-order valence-corrected chi connectivity index (χ1v) is 21.5. The normalized spacial score (nSPS) is 11.9. The predicted molar refractivity (Wildman–Crippen MR) is 257 cm³/mol. The number of nitrogens with zero attached hydrogens (tertiary/aromatic N) is 4. The zero-order valence-corrected chi connectivity index (χ0v) is 33.6. The molecule has 5 heteroatoms. The summed E-state index contributed by atoms with van der Waals surface area (Å²) in [7, 11) is 0. The second-order valence-corrected chi connectivity index (χ2v) is 16.7. The summed E-state index contributed by atoms with van der Waals surface area (Å²) in [6.07, 6.45) is 0. The van der Waals surface area contributed by atoms with Crippen molar-refractivity contribution in [1.82, 2.24) is 19.1 Å². The van der Waals surface area contributed by atoms with E-state index >= 15 is 0 Å². The van der Waals surface area contributed by atoms with Gasteiger partial charge in [-0.25, -0.2) is 9.97 Å². The van der Waals surface area contributed by atoms with Crippen molar-refractivity contribution in [3.8, 4) is 45.1 Å². The van der Waals surface area contributed by atoms with Crippen LogP contribution in [0.5, 0.6) is 0 Å². The van der Waals surface area contributed by atoms with Gasteiger partial charge in [0.05, 0.1) is 39.0 Å². The minimum Gasteiger partial charge on any atom is -0.307 e. The molecule has 0 atom stereocenters. The number of hydrogen-bond donors (Lipinski definition) is 0. The highest BCUT2D eigenvalue weighted by Gasteiger charge is 2.28. The smallest absolute Gasteiger partial charge is 0.160 e. The fourth-order valence-electron chi connectivity index (χ4n) is 9.72. The van der Waals surface area contributed by atoms with Crippen LogP contribution in [0.2, 0.25) is 0 Å². The average molecular weight is 795 g/mol. The summed E-state index contributed by atoms with van der Waals surface area (Å²) < 4.78 is 7.65. The van der Waals surface area contributed by atoms with Gasteiger partial charge in [-0.2, -0.15) is 0 Å². The van der Waals surface area contributed by atoms with Crippen molar-refractivity contribution in [2.45, 2.75) is 0 Å². The molecule has 4 aromatic heterocycles. The van der Waals surface area contributed by atoms with E-state index in [9.17, 15) is 0 Å². The Morgan fingerprint density at radius 2 is 0.967 bits per heavy atom. The third-order valence-corrected chi connectivity index (χ3v) is 13.5. The molecule has 0 fully saturated rings. The lowest BCUT2D eigenvalue weighted by Gasteiger charge is -2.18. The van der Waals surface area contributed by atoms with Crippen LogP contribution in [0.3, 0.4) is 0 Å². The van der Waals surface area contributed by atoms with Gasteiger partial charge < -0.3 is 9.13 Å². The molecule has 4 nitrogen and oxygen atoms in total. The van der Waals surface area contributed by atoms with Crippen molar-refractivity contribution in [3.05, 3.63) is 206 Å². The summed E-state index contributed by atoms with van der Waals surface area (Å²) in [5, 5.41) is 8.66. The molecule has 0 unspecified atom stereocenters. The number of benzene rings is 9. The van der Waals surface area contributed by atoms with Crippen LogP contribution >= 0.6 is 11.3 Å². The lowest BCUT2D eigenvalue weighted by Crippen LogP contribution is -2.01. The Morgan fingerprint density at radius 3 is 1.72 bits per heavy atom. The first kappa shape index (κ1) is 34.0. The Balaban J connectivity index is 1.21. The molecule has 13 aromatic rings. The van der Waals surface area contributed by atoms with Crippen LogP contribution in [-0.2, 0) is 0 Å². The van der Waals surface area contributed by atoms with Gasteiger partial charge in [0.25, 0.3) is 0 Å². The van der Waals surface area contributed by atoms with E-state index in [0.29, 0.717) is 5.82 Å². The predicted octanol–water partition coefficient (Wildman–Crippen LogP) is 15.2. The molecule has 0 aliphatic heterocycles. The van der Waals surface area contributed by atoms with E-state index < -0.39 is 0 Å². The molecule has 0 N–H and O–H groups in total. The van der Waals surface area contributed by atoms with Crippen molar-refractivity contribution < 1.29 is 0 Å². The number of thiophene rings is 1. The van der Waals surface area contributed by atoms with Gasteiger partial charge in [-0.1, -0.05) is 152 Å². The molecule has 0 bridgehead atoms. The molecule has 0 amide bonds. The summed E-state index contributed by atoms with van der Waals surface area (Å²) in [4.78, 5) is 10.5. The van der Waals surface area contributed by atoms with E-state index in [1.54, 1.807) is 0 Å². The van der Waals surface area contributed by atoms with Crippen LogP contribution < -0.4 is 0 Å². The molecular weight excluding hydrogens is 761 g/mol. The van der Waals surface area contributed by atoms with Gasteiger partial charge in [0.1, 0.15) is 0 Å². The number of fused-ring (bicyclic) bond motifs is 13. The summed E-state index contributed by atoms with van der Waals surface area (Å²) >= 11 is 1.91. The van der Waals surface area contributed by atoms with Gasteiger partial charge in [-0.15, -0.1) is 11.3 Å². The summed E-state index contributed by atoms with van der Waals surface area (Å²) in [6, 6.07) is 74.0. The van der Waals surface area contributed by atoms with Gasteiger partial charge in [0, 0.05) is 69.5 Å². The molecule has 61 heavy (non-hydrogen) atoms.